The Kier molecular flexibility index (Phi) is 7.37. The predicted octanol–water partition coefficient (Wildman–Crippen LogP) is 3.46. The third-order valence-corrected chi connectivity index (χ3v) is 6.72. The molecule has 2 aliphatic heterocycles. The molecule has 0 radical (unpaired) electrons. The number of rotatable bonds is 8. The van der Waals surface area contributed by atoms with Crippen LogP contribution in [-0.4, -0.2) is 76.9 Å². The highest BCUT2D eigenvalue weighted by atomic mass is 35.5. The van der Waals surface area contributed by atoms with Crippen LogP contribution < -0.4 is 10.6 Å². The van der Waals surface area contributed by atoms with Gasteiger partial charge in [0.2, 0.25) is 5.95 Å². The first kappa shape index (κ1) is 24.8. The van der Waals surface area contributed by atoms with Gasteiger partial charge in [-0.25, -0.2) is 14.4 Å². The lowest BCUT2D eigenvalue weighted by molar-refractivity contribution is -0.0806. The number of nitrogens with one attached hydrogen (secondary N) is 3. The zero-order valence-electron chi connectivity index (χ0n) is 19.7. The molecule has 4 N–H and O–H groups in total. The summed E-state index contributed by atoms with van der Waals surface area (Å²) in [6.45, 7) is 8.10. The Labute approximate surface area is 204 Å². The number of piperidine rings is 1. The minimum atomic E-state index is -1.01. The molecule has 2 aliphatic rings. The van der Waals surface area contributed by atoms with Crippen molar-refractivity contribution in [3.05, 3.63) is 40.3 Å². The van der Waals surface area contributed by atoms with Gasteiger partial charge >= 0.3 is 0 Å². The first-order chi connectivity index (χ1) is 16.1. The smallest absolute Gasteiger partial charge is 0.227 e. The van der Waals surface area contributed by atoms with Gasteiger partial charge in [-0.3, -0.25) is 4.90 Å². The largest absolute Gasteiger partial charge is 0.389 e. The van der Waals surface area contributed by atoms with Crippen LogP contribution >= 0.6 is 11.6 Å². The summed E-state index contributed by atoms with van der Waals surface area (Å²) in [5, 5.41) is 25.1. The van der Waals surface area contributed by atoms with Gasteiger partial charge in [-0.15, -0.1) is 0 Å². The lowest BCUT2D eigenvalue weighted by atomic mass is 9.86. The third-order valence-electron chi connectivity index (χ3n) is 6.39. The van der Waals surface area contributed by atoms with E-state index in [-0.39, 0.29) is 5.92 Å². The SMILES string of the molecule is C/C(NCC(C)(C)O)=C(/C=N)Nc1ncc2cc(Cl)c(C3CCN(C4COC4)CC3F)cc2n1. The van der Waals surface area contributed by atoms with E-state index in [9.17, 15) is 5.11 Å². The molecule has 184 valence electrons. The number of hydrogen-bond acceptors (Lipinski definition) is 8. The number of halogens is 2. The second-order valence-electron chi connectivity index (χ2n) is 9.70. The Morgan fingerprint density at radius 1 is 1.41 bits per heavy atom. The summed E-state index contributed by atoms with van der Waals surface area (Å²) < 4.78 is 20.4. The number of likely N-dealkylation sites (tertiary alicyclic amines) is 1. The maximum absolute atomic E-state index is 15.2. The number of anilines is 1. The first-order valence-corrected chi connectivity index (χ1v) is 11.9. The van der Waals surface area contributed by atoms with E-state index in [1.807, 2.05) is 13.0 Å². The molecule has 2 unspecified atom stereocenters. The molecule has 2 aromatic rings. The van der Waals surface area contributed by atoms with Gasteiger partial charge in [-0.1, -0.05) is 11.6 Å². The van der Waals surface area contributed by atoms with Crippen molar-refractivity contribution in [2.75, 3.05) is 38.2 Å². The molecule has 34 heavy (non-hydrogen) atoms. The number of hydrogen-bond donors (Lipinski definition) is 4. The van der Waals surface area contributed by atoms with Crippen LogP contribution in [0.5, 0.6) is 0 Å². The molecule has 3 heterocycles. The monoisotopic (exact) mass is 490 g/mol. The number of ether oxygens (including phenoxy) is 1. The van der Waals surface area contributed by atoms with E-state index >= 15 is 4.39 Å². The van der Waals surface area contributed by atoms with Gasteiger partial charge in [0, 0.05) is 47.5 Å². The van der Waals surface area contributed by atoms with E-state index in [0.29, 0.717) is 66.6 Å². The van der Waals surface area contributed by atoms with E-state index < -0.39 is 11.8 Å². The van der Waals surface area contributed by atoms with Gasteiger partial charge in [-0.2, -0.15) is 0 Å². The molecule has 0 spiro atoms. The molecule has 0 bridgehead atoms. The molecule has 4 rings (SSSR count). The number of aromatic nitrogens is 2. The van der Waals surface area contributed by atoms with E-state index in [1.165, 1.54) is 6.21 Å². The topological polar surface area (TPSA) is 106 Å². The molecular weight excluding hydrogens is 459 g/mol. The summed E-state index contributed by atoms with van der Waals surface area (Å²) in [4.78, 5) is 11.1. The van der Waals surface area contributed by atoms with Crippen LogP contribution in [0.4, 0.5) is 10.3 Å². The summed E-state index contributed by atoms with van der Waals surface area (Å²) in [6.07, 6.45) is 2.50. The van der Waals surface area contributed by atoms with Gasteiger partial charge in [0.15, 0.2) is 0 Å². The molecule has 2 atom stereocenters. The standard InChI is InChI=1S/C24H32ClFN6O2/c1-14(29-13-24(2,3)33)22(8-27)31-23-28-9-15-6-19(25)18(7-21(15)30-23)17-4-5-32(10-20(17)26)16-11-34-12-16/h6-9,16-17,20,27,29,33H,4-5,10-13H2,1-3H3,(H,28,30,31)/b22-14+,27-8?. The molecule has 1 aromatic heterocycles. The van der Waals surface area contributed by atoms with Crippen molar-refractivity contribution in [2.45, 2.75) is 50.9 Å². The maximum atomic E-state index is 15.2. The molecule has 1 aromatic carbocycles. The van der Waals surface area contributed by atoms with Crippen molar-refractivity contribution in [3.63, 3.8) is 0 Å². The fourth-order valence-electron chi connectivity index (χ4n) is 4.26. The molecular formula is C24H32ClFN6O2. The molecule has 10 heteroatoms. The molecule has 8 nitrogen and oxygen atoms in total. The average Bonchev–Trinajstić information content (AvgIpc) is 2.74. The Bertz CT molecular complexity index is 1090. The van der Waals surface area contributed by atoms with Crippen molar-refractivity contribution in [2.24, 2.45) is 0 Å². The van der Waals surface area contributed by atoms with Gasteiger partial charge in [-0.05, 0) is 51.4 Å². The van der Waals surface area contributed by atoms with Crippen LogP contribution in [0.1, 0.15) is 38.7 Å². The predicted molar refractivity (Wildman–Crippen MR) is 132 cm³/mol. The first-order valence-electron chi connectivity index (χ1n) is 11.5. The number of allylic oxidation sites excluding steroid dienone is 2. The van der Waals surface area contributed by atoms with Gasteiger partial charge in [0.25, 0.3) is 0 Å². The van der Waals surface area contributed by atoms with E-state index in [2.05, 4.69) is 25.5 Å². The van der Waals surface area contributed by atoms with E-state index in [0.717, 1.165) is 17.5 Å². The lowest BCUT2D eigenvalue weighted by Gasteiger charge is -2.43. The normalized spacial score (nSPS) is 22.8. The summed E-state index contributed by atoms with van der Waals surface area (Å²) in [5.74, 6) is 0.0334. The Morgan fingerprint density at radius 2 is 2.18 bits per heavy atom. The minimum Gasteiger partial charge on any atom is -0.389 e. The maximum Gasteiger partial charge on any atom is 0.227 e. The number of aliphatic hydroxyl groups is 1. The number of nitrogens with zero attached hydrogens (tertiary/aromatic N) is 3. The summed E-state index contributed by atoms with van der Waals surface area (Å²) in [7, 11) is 0. The summed E-state index contributed by atoms with van der Waals surface area (Å²) >= 11 is 6.56. The summed E-state index contributed by atoms with van der Waals surface area (Å²) in [6, 6.07) is 3.97. The van der Waals surface area contributed by atoms with Crippen molar-refractivity contribution in [1.29, 1.82) is 5.41 Å². The highest BCUT2D eigenvalue weighted by molar-refractivity contribution is 6.32. The van der Waals surface area contributed by atoms with Crippen LogP contribution in [0.2, 0.25) is 5.02 Å². The Hall–Kier alpha value is -2.33. The highest BCUT2D eigenvalue weighted by Crippen LogP contribution is 2.37. The Morgan fingerprint density at radius 3 is 2.79 bits per heavy atom. The van der Waals surface area contributed by atoms with Gasteiger partial charge < -0.3 is 25.9 Å². The Balaban J connectivity index is 1.54. The van der Waals surface area contributed by atoms with E-state index in [1.54, 1.807) is 26.1 Å². The van der Waals surface area contributed by atoms with Crippen molar-refractivity contribution < 1.29 is 14.2 Å². The molecule has 0 aliphatic carbocycles. The average molecular weight is 491 g/mol. The second kappa shape index (κ2) is 10.1. The van der Waals surface area contributed by atoms with Crippen LogP contribution in [0.15, 0.2) is 29.7 Å². The zero-order valence-corrected chi connectivity index (χ0v) is 20.5. The number of benzene rings is 1. The highest BCUT2D eigenvalue weighted by Gasteiger charge is 2.36. The molecule has 2 saturated heterocycles. The molecule has 0 amide bonds. The third kappa shape index (κ3) is 5.66. The van der Waals surface area contributed by atoms with Crippen molar-refractivity contribution in [1.82, 2.24) is 20.2 Å². The van der Waals surface area contributed by atoms with Gasteiger partial charge in [0.05, 0.1) is 36.1 Å². The lowest BCUT2D eigenvalue weighted by Crippen LogP contribution is -2.54. The van der Waals surface area contributed by atoms with Crippen LogP contribution in [0.3, 0.4) is 0 Å². The molecule has 0 saturated carbocycles. The van der Waals surface area contributed by atoms with Crippen LogP contribution in [-0.2, 0) is 4.74 Å². The van der Waals surface area contributed by atoms with Gasteiger partial charge in [0.1, 0.15) is 6.17 Å². The fourth-order valence-corrected chi connectivity index (χ4v) is 4.57. The van der Waals surface area contributed by atoms with Crippen LogP contribution in [0, 0.1) is 5.41 Å². The number of alkyl halides is 1. The number of fused-ring (bicyclic) bond motifs is 1. The second-order valence-corrected chi connectivity index (χ2v) is 10.1. The minimum absolute atomic E-state index is 0.286. The van der Waals surface area contributed by atoms with Crippen molar-refractivity contribution in [3.8, 4) is 0 Å². The fraction of sp³-hybridized carbons (Fsp3) is 0.542. The molecule has 2 fully saturated rings. The summed E-state index contributed by atoms with van der Waals surface area (Å²) in [5.41, 5.74) is 1.70. The van der Waals surface area contributed by atoms with Crippen molar-refractivity contribution >= 4 is 34.7 Å². The zero-order chi connectivity index (χ0) is 24.5. The van der Waals surface area contributed by atoms with Crippen LogP contribution in [0.25, 0.3) is 10.9 Å². The van der Waals surface area contributed by atoms with E-state index in [4.69, 9.17) is 21.7 Å². The quantitative estimate of drug-likeness (QED) is 0.420.